The van der Waals surface area contributed by atoms with Gasteiger partial charge in [-0.2, -0.15) is 0 Å². The van der Waals surface area contributed by atoms with Gasteiger partial charge in [-0.05, 0) is 36.1 Å². The van der Waals surface area contributed by atoms with Crippen LogP contribution in [0.3, 0.4) is 0 Å². The molecule has 0 N–H and O–H groups in total. The van der Waals surface area contributed by atoms with Crippen LogP contribution in [0.25, 0.3) is 16.8 Å². The smallest absolute Gasteiger partial charge is 0.410 e. The molecule has 1 atom stereocenters. The molecule has 0 bridgehead atoms. The Hall–Kier alpha value is -3.60. The molecular formula is C25H23N3O2. The highest BCUT2D eigenvalue weighted by Gasteiger charge is 2.33. The van der Waals surface area contributed by atoms with Crippen LogP contribution in [-0.4, -0.2) is 26.9 Å². The van der Waals surface area contributed by atoms with Gasteiger partial charge in [0.05, 0.1) is 11.7 Å². The third-order valence-corrected chi connectivity index (χ3v) is 5.62. The minimum absolute atomic E-state index is 0.0585. The third-order valence-electron chi connectivity index (χ3n) is 5.62. The number of aromatic nitrogens is 2. The van der Waals surface area contributed by atoms with Crippen LogP contribution in [0.4, 0.5) is 4.79 Å². The molecule has 5 rings (SSSR count). The number of rotatable bonds is 4. The Morgan fingerprint density at radius 2 is 1.77 bits per heavy atom. The zero-order valence-corrected chi connectivity index (χ0v) is 16.6. The second kappa shape index (κ2) is 8.03. The molecule has 3 heterocycles. The van der Waals surface area contributed by atoms with Crippen LogP contribution in [0.5, 0.6) is 0 Å². The van der Waals surface area contributed by atoms with E-state index in [1.165, 1.54) is 0 Å². The Morgan fingerprint density at radius 1 is 1.00 bits per heavy atom. The predicted octanol–water partition coefficient (Wildman–Crippen LogP) is 5.48. The van der Waals surface area contributed by atoms with Gasteiger partial charge < -0.3 is 9.14 Å². The summed E-state index contributed by atoms with van der Waals surface area (Å²) in [6.45, 7) is 0.976. The number of ether oxygens (including phenoxy) is 1. The molecule has 2 aromatic carbocycles. The summed E-state index contributed by atoms with van der Waals surface area (Å²) in [7, 11) is 0. The SMILES string of the molecule is O=C(OCc1ccccc1)N1CCC[C@H]1c1cn2cccc(-c3ccccc3)c2n1. The van der Waals surface area contributed by atoms with Crippen LogP contribution in [0.15, 0.2) is 85.2 Å². The zero-order valence-electron chi connectivity index (χ0n) is 16.6. The first-order valence-corrected chi connectivity index (χ1v) is 10.3. The maximum atomic E-state index is 12.8. The summed E-state index contributed by atoms with van der Waals surface area (Å²) in [6.07, 6.45) is 5.61. The Kier molecular flexibility index (Phi) is 4.93. The van der Waals surface area contributed by atoms with Crippen LogP contribution in [0, 0.1) is 0 Å². The van der Waals surface area contributed by atoms with Crippen molar-refractivity contribution in [2.24, 2.45) is 0 Å². The third kappa shape index (κ3) is 3.54. The zero-order chi connectivity index (χ0) is 20.3. The van der Waals surface area contributed by atoms with E-state index in [9.17, 15) is 4.79 Å². The van der Waals surface area contributed by atoms with Crippen molar-refractivity contribution in [1.29, 1.82) is 0 Å². The fourth-order valence-electron chi connectivity index (χ4n) is 4.13. The molecule has 2 aromatic heterocycles. The molecule has 0 unspecified atom stereocenters. The number of likely N-dealkylation sites (tertiary alicyclic amines) is 1. The van der Waals surface area contributed by atoms with Gasteiger partial charge >= 0.3 is 6.09 Å². The van der Waals surface area contributed by atoms with Gasteiger partial charge in [-0.3, -0.25) is 4.90 Å². The number of imidazole rings is 1. The maximum absolute atomic E-state index is 12.8. The number of fused-ring (bicyclic) bond motifs is 1. The largest absolute Gasteiger partial charge is 0.445 e. The van der Waals surface area contributed by atoms with E-state index in [1.807, 2.05) is 76.3 Å². The van der Waals surface area contributed by atoms with Gasteiger partial charge in [0.15, 0.2) is 0 Å². The first-order valence-electron chi connectivity index (χ1n) is 10.3. The standard InChI is InChI=1S/C25H23N3O2/c29-25(30-18-19-9-3-1-4-10-19)28-16-8-14-23(28)22-17-27-15-7-13-21(24(27)26-22)20-11-5-2-6-12-20/h1-7,9-13,15,17,23H,8,14,16,18H2/t23-/m0/s1. The highest BCUT2D eigenvalue weighted by atomic mass is 16.6. The van der Waals surface area contributed by atoms with Crippen LogP contribution < -0.4 is 0 Å². The second-order valence-corrected chi connectivity index (χ2v) is 7.58. The van der Waals surface area contributed by atoms with E-state index in [-0.39, 0.29) is 18.7 Å². The number of nitrogens with zero attached hydrogens (tertiary/aromatic N) is 3. The number of amides is 1. The van der Waals surface area contributed by atoms with E-state index in [0.29, 0.717) is 6.54 Å². The maximum Gasteiger partial charge on any atom is 0.410 e. The first kappa shape index (κ1) is 18.4. The molecule has 0 saturated carbocycles. The molecular weight excluding hydrogens is 374 g/mol. The van der Waals surface area contributed by atoms with Gasteiger partial charge in [0, 0.05) is 24.5 Å². The van der Waals surface area contributed by atoms with E-state index < -0.39 is 0 Å². The van der Waals surface area contributed by atoms with E-state index >= 15 is 0 Å². The topological polar surface area (TPSA) is 46.8 Å². The molecule has 5 nitrogen and oxygen atoms in total. The van der Waals surface area contributed by atoms with Gasteiger partial charge in [-0.1, -0.05) is 60.7 Å². The normalized spacial score (nSPS) is 16.1. The van der Waals surface area contributed by atoms with Crippen LogP contribution in [-0.2, 0) is 11.3 Å². The van der Waals surface area contributed by atoms with Gasteiger partial charge in [-0.15, -0.1) is 0 Å². The summed E-state index contributed by atoms with van der Waals surface area (Å²) in [6, 6.07) is 24.1. The van der Waals surface area contributed by atoms with Crippen molar-refractivity contribution in [3.8, 4) is 11.1 Å². The lowest BCUT2D eigenvalue weighted by Gasteiger charge is -2.22. The molecule has 1 aliphatic rings. The summed E-state index contributed by atoms with van der Waals surface area (Å²) < 4.78 is 7.63. The van der Waals surface area contributed by atoms with Crippen molar-refractivity contribution in [2.45, 2.75) is 25.5 Å². The number of pyridine rings is 1. The monoisotopic (exact) mass is 397 g/mol. The lowest BCUT2D eigenvalue weighted by Crippen LogP contribution is -2.31. The Balaban J connectivity index is 1.40. The quantitative estimate of drug-likeness (QED) is 0.458. The summed E-state index contributed by atoms with van der Waals surface area (Å²) in [5, 5.41) is 0. The average Bonchev–Trinajstić information content (AvgIpc) is 3.45. The number of carbonyl (C=O) groups is 1. The van der Waals surface area contributed by atoms with Crippen molar-refractivity contribution < 1.29 is 9.53 Å². The lowest BCUT2D eigenvalue weighted by atomic mass is 10.1. The molecule has 1 aliphatic heterocycles. The summed E-state index contributed by atoms with van der Waals surface area (Å²) in [5.74, 6) is 0. The Bertz CT molecular complexity index is 1150. The van der Waals surface area contributed by atoms with Gasteiger partial charge in [0.25, 0.3) is 0 Å². The van der Waals surface area contributed by atoms with E-state index in [0.717, 1.165) is 40.9 Å². The highest BCUT2D eigenvalue weighted by Crippen LogP contribution is 2.33. The molecule has 5 heteroatoms. The van der Waals surface area contributed by atoms with Gasteiger partial charge in [0.1, 0.15) is 12.3 Å². The predicted molar refractivity (Wildman–Crippen MR) is 116 cm³/mol. The molecule has 4 aromatic rings. The van der Waals surface area contributed by atoms with Crippen molar-refractivity contribution in [3.05, 3.63) is 96.4 Å². The molecule has 150 valence electrons. The number of hydrogen-bond donors (Lipinski definition) is 0. The fraction of sp³-hybridized carbons (Fsp3) is 0.200. The van der Waals surface area contributed by atoms with Crippen LogP contribution in [0.1, 0.15) is 30.1 Å². The molecule has 1 saturated heterocycles. The van der Waals surface area contributed by atoms with Gasteiger partial charge in [0.2, 0.25) is 0 Å². The molecule has 1 fully saturated rings. The molecule has 0 aliphatic carbocycles. The molecule has 0 spiro atoms. The average molecular weight is 397 g/mol. The van der Waals surface area contributed by atoms with Crippen LogP contribution >= 0.6 is 0 Å². The first-order chi connectivity index (χ1) is 14.8. The number of benzene rings is 2. The molecule has 0 radical (unpaired) electrons. The van der Waals surface area contributed by atoms with Crippen molar-refractivity contribution in [2.75, 3.05) is 6.54 Å². The minimum atomic E-state index is -0.276. The fourth-order valence-corrected chi connectivity index (χ4v) is 4.13. The molecule has 1 amide bonds. The number of hydrogen-bond acceptors (Lipinski definition) is 3. The second-order valence-electron chi connectivity index (χ2n) is 7.58. The van der Waals surface area contributed by atoms with Gasteiger partial charge in [-0.25, -0.2) is 9.78 Å². The van der Waals surface area contributed by atoms with E-state index in [4.69, 9.17) is 9.72 Å². The highest BCUT2D eigenvalue weighted by molar-refractivity contribution is 5.77. The summed E-state index contributed by atoms with van der Waals surface area (Å²) in [4.78, 5) is 19.5. The lowest BCUT2D eigenvalue weighted by molar-refractivity contribution is 0.0915. The van der Waals surface area contributed by atoms with E-state index in [2.05, 4.69) is 18.2 Å². The van der Waals surface area contributed by atoms with E-state index in [1.54, 1.807) is 0 Å². The van der Waals surface area contributed by atoms with Crippen molar-refractivity contribution in [1.82, 2.24) is 14.3 Å². The molecule has 30 heavy (non-hydrogen) atoms. The Labute approximate surface area is 175 Å². The van der Waals surface area contributed by atoms with Crippen molar-refractivity contribution >= 4 is 11.7 Å². The summed E-state index contributed by atoms with van der Waals surface area (Å²) >= 11 is 0. The Morgan fingerprint density at radius 3 is 2.57 bits per heavy atom. The summed E-state index contributed by atoms with van der Waals surface area (Å²) in [5.41, 5.74) is 5.02. The minimum Gasteiger partial charge on any atom is -0.445 e. The van der Waals surface area contributed by atoms with Crippen LogP contribution in [0.2, 0.25) is 0 Å². The number of carbonyl (C=O) groups excluding carboxylic acids is 1. The van der Waals surface area contributed by atoms with Crippen molar-refractivity contribution in [3.63, 3.8) is 0 Å².